The minimum atomic E-state index is 0.503. The van der Waals surface area contributed by atoms with Gasteiger partial charge < -0.3 is 15.8 Å². The van der Waals surface area contributed by atoms with Crippen LogP contribution in [0.5, 0.6) is 0 Å². The van der Waals surface area contributed by atoms with Gasteiger partial charge in [-0.1, -0.05) is 12.1 Å². The first kappa shape index (κ1) is 15.3. The van der Waals surface area contributed by atoms with E-state index < -0.39 is 0 Å². The quantitative estimate of drug-likeness (QED) is 0.586. The minimum absolute atomic E-state index is 0.503. The molecule has 0 aromatic heterocycles. The minimum Gasteiger partial charge on any atom is -0.399 e. The van der Waals surface area contributed by atoms with Crippen LogP contribution in [-0.4, -0.2) is 50.3 Å². The second-order valence-corrected chi connectivity index (χ2v) is 5.61. The molecular formula is C16H27N3O. The van der Waals surface area contributed by atoms with Gasteiger partial charge >= 0.3 is 0 Å². The number of nitrogens with two attached hydrogens (primary N) is 1. The van der Waals surface area contributed by atoms with Gasteiger partial charge in [0.15, 0.2) is 0 Å². The van der Waals surface area contributed by atoms with E-state index in [1.165, 1.54) is 18.5 Å². The first-order chi connectivity index (χ1) is 9.74. The molecule has 20 heavy (non-hydrogen) atoms. The van der Waals surface area contributed by atoms with Crippen molar-refractivity contribution in [2.24, 2.45) is 0 Å². The number of nitrogens with zero attached hydrogens (tertiary/aromatic N) is 1. The van der Waals surface area contributed by atoms with Crippen molar-refractivity contribution in [1.29, 1.82) is 0 Å². The van der Waals surface area contributed by atoms with Crippen molar-refractivity contribution in [3.63, 3.8) is 0 Å². The van der Waals surface area contributed by atoms with Gasteiger partial charge in [0.1, 0.15) is 0 Å². The molecule has 3 N–H and O–H groups in total. The lowest BCUT2D eigenvalue weighted by Crippen LogP contribution is -2.38. The molecule has 1 unspecified atom stereocenters. The Morgan fingerprint density at radius 1 is 1.25 bits per heavy atom. The first-order valence-electron chi connectivity index (χ1n) is 7.62. The molecule has 1 aromatic rings. The summed E-state index contributed by atoms with van der Waals surface area (Å²) in [4.78, 5) is 2.48. The van der Waals surface area contributed by atoms with Crippen molar-refractivity contribution in [3.8, 4) is 0 Å². The molecule has 1 aliphatic heterocycles. The van der Waals surface area contributed by atoms with Crippen molar-refractivity contribution < 1.29 is 4.74 Å². The van der Waals surface area contributed by atoms with Crippen LogP contribution in [-0.2, 0) is 11.2 Å². The van der Waals surface area contributed by atoms with Gasteiger partial charge in [-0.15, -0.1) is 0 Å². The molecule has 2 rings (SSSR count). The van der Waals surface area contributed by atoms with Crippen LogP contribution < -0.4 is 11.1 Å². The van der Waals surface area contributed by atoms with Crippen molar-refractivity contribution >= 4 is 5.69 Å². The summed E-state index contributed by atoms with van der Waals surface area (Å²) in [6.45, 7) is 8.44. The Morgan fingerprint density at radius 2 is 1.95 bits per heavy atom. The van der Waals surface area contributed by atoms with Crippen LogP contribution in [0, 0.1) is 0 Å². The fourth-order valence-electron chi connectivity index (χ4n) is 2.56. The van der Waals surface area contributed by atoms with E-state index in [1.807, 2.05) is 12.1 Å². The van der Waals surface area contributed by atoms with Crippen LogP contribution in [0.15, 0.2) is 24.3 Å². The molecule has 4 nitrogen and oxygen atoms in total. The zero-order valence-electron chi connectivity index (χ0n) is 12.5. The Hall–Kier alpha value is -1.10. The zero-order valence-corrected chi connectivity index (χ0v) is 12.5. The molecule has 0 radical (unpaired) electrons. The normalized spacial score (nSPS) is 18.1. The third-order valence-corrected chi connectivity index (χ3v) is 3.77. The van der Waals surface area contributed by atoms with Gasteiger partial charge in [-0.3, -0.25) is 4.90 Å². The highest BCUT2D eigenvalue weighted by Gasteiger charge is 2.09. The van der Waals surface area contributed by atoms with Gasteiger partial charge in [-0.25, -0.2) is 0 Å². The van der Waals surface area contributed by atoms with E-state index in [0.717, 1.165) is 45.0 Å². The molecule has 0 saturated carbocycles. The van der Waals surface area contributed by atoms with Crippen LogP contribution >= 0.6 is 0 Å². The van der Waals surface area contributed by atoms with Gasteiger partial charge in [-0.05, 0) is 50.6 Å². The van der Waals surface area contributed by atoms with Gasteiger partial charge in [0.05, 0.1) is 13.2 Å². The summed E-state index contributed by atoms with van der Waals surface area (Å²) >= 11 is 0. The van der Waals surface area contributed by atoms with E-state index in [-0.39, 0.29) is 0 Å². The second-order valence-electron chi connectivity index (χ2n) is 5.61. The predicted molar refractivity (Wildman–Crippen MR) is 83.9 cm³/mol. The largest absolute Gasteiger partial charge is 0.399 e. The van der Waals surface area contributed by atoms with E-state index in [1.54, 1.807) is 0 Å². The molecular weight excluding hydrogens is 250 g/mol. The van der Waals surface area contributed by atoms with Crippen molar-refractivity contribution in [1.82, 2.24) is 10.2 Å². The fraction of sp³-hybridized carbons (Fsp3) is 0.625. The number of anilines is 1. The maximum atomic E-state index is 5.70. The lowest BCUT2D eigenvalue weighted by atomic mass is 10.1. The van der Waals surface area contributed by atoms with Crippen molar-refractivity contribution in [3.05, 3.63) is 29.8 Å². The number of hydrogen-bond donors (Lipinski definition) is 2. The van der Waals surface area contributed by atoms with Crippen molar-refractivity contribution in [2.75, 3.05) is 45.1 Å². The smallest absolute Gasteiger partial charge is 0.0594 e. The number of benzene rings is 1. The molecule has 1 aliphatic rings. The van der Waals surface area contributed by atoms with E-state index in [0.29, 0.717) is 6.04 Å². The van der Waals surface area contributed by atoms with Gasteiger partial charge in [0.2, 0.25) is 0 Å². The average molecular weight is 277 g/mol. The molecule has 112 valence electrons. The number of ether oxygens (including phenoxy) is 1. The summed E-state index contributed by atoms with van der Waals surface area (Å²) in [5.41, 5.74) is 7.87. The highest BCUT2D eigenvalue weighted by atomic mass is 16.5. The lowest BCUT2D eigenvalue weighted by molar-refractivity contribution is 0.0374. The first-order valence-corrected chi connectivity index (χ1v) is 7.62. The molecule has 0 amide bonds. The molecule has 4 heteroatoms. The topological polar surface area (TPSA) is 50.5 Å². The summed E-state index contributed by atoms with van der Waals surface area (Å²) in [5, 5.41) is 3.60. The molecule has 1 atom stereocenters. The second kappa shape index (κ2) is 8.25. The summed E-state index contributed by atoms with van der Waals surface area (Å²) in [6.07, 6.45) is 2.25. The fourth-order valence-corrected chi connectivity index (χ4v) is 2.56. The van der Waals surface area contributed by atoms with Crippen molar-refractivity contribution in [2.45, 2.75) is 25.8 Å². The SMILES string of the molecule is CC(Cc1ccc(N)cc1)NCCCN1CCOCC1. The maximum Gasteiger partial charge on any atom is 0.0594 e. The van der Waals surface area contributed by atoms with Gasteiger partial charge in [0.25, 0.3) is 0 Å². The van der Waals surface area contributed by atoms with Crippen LogP contribution in [0.2, 0.25) is 0 Å². The Balaban J connectivity index is 1.57. The number of nitrogens with one attached hydrogen (secondary N) is 1. The molecule has 1 heterocycles. The van der Waals surface area contributed by atoms with E-state index in [4.69, 9.17) is 10.5 Å². The standard InChI is InChI=1S/C16H27N3O/c1-14(13-15-3-5-16(17)6-4-15)18-7-2-8-19-9-11-20-12-10-19/h3-6,14,18H,2,7-13,17H2,1H3. The molecule has 1 aromatic carbocycles. The van der Waals surface area contributed by atoms with Crippen LogP contribution in [0.25, 0.3) is 0 Å². The highest BCUT2D eigenvalue weighted by Crippen LogP contribution is 2.07. The van der Waals surface area contributed by atoms with E-state index >= 15 is 0 Å². The summed E-state index contributed by atoms with van der Waals surface area (Å²) in [5.74, 6) is 0. The summed E-state index contributed by atoms with van der Waals surface area (Å²) in [7, 11) is 0. The van der Waals surface area contributed by atoms with Gasteiger partial charge in [0, 0.05) is 24.8 Å². The molecule has 1 saturated heterocycles. The molecule has 0 aliphatic carbocycles. The molecule has 0 spiro atoms. The summed E-state index contributed by atoms with van der Waals surface area (Å²) in [6, 6.07) is 8.67. The number of nitrogen functional groups attached to an aromatic ring is 1. The zero-order chi connectivity index (χ0) is 14.2. The van der Waals surface area contributed by atoms with Crippen LogP contribution in [0.4, 0.5) is 5.69 Å². The maximum absolute atomic E-state index is 5.70. The van der Waals surface area contributed by atoms with Gasteiger partial charge in [-0.2, -0.15) is 0 Å². The Bertz CT molecular complexity index is 374. The number of morpholine rings is 1. The van der Waals surface area contributed by atoms with E-state index in [9.17, 15) is 0 Å². The van der Waals surface area contributed by atoms with Crippen LogP contribution in [0.3, 0.4) is 0 Å². The molecule has 1 fully saturated rings. The van der Waals surface area contributed by atoms with E-state index in [2.05, 4.69) is 29.3 Å². The summed E-state index contributed by atoms with van der Waals surface area (Å²) < 4.78 is 5.35. The Kier molecular flexibility index (Phi) is 6.30. The number of rotatable bonds is 7. The highest BCUT2D eigenvalue weighted by molar-refractivity contribution is 5.39. The third kappa shape index (κ3) is 5.49. The van der Waals surface area contributed by atoms with Crippen LogP contribution in [0.1, 0.15) is 18.9 Å². The Morgan fingerprint density at radius 3 is 2.65 bits per heavy atom. The number of hydrogen-bond acceptors (Lipinski definition) is 4. The predicted octanol–water partition coefficient (Wildman–Crippen LogP) is 1.51. The third-order valence-electron chi connectivity index (χ3n) is 3.77. The Labute approximate surface area is 122 Å². The molecule has 0 bridgehead atoms. The monoisotopic (exact) mass is 277 g/mol. The lowest BCUT2D eigenvalue weighted by Gasteiger charge is -2.26. The average Bonchev–Trinajstić information content (AvgIpc) is 2.47.